The second-order valence-electron chi connectivity index (χ2n) is 3.04. The lowest BCUT2D eigenvalue weighted by molar-refractivity contribution is 0.532. The highest BCUT2D eigenvalue weighted by Gasteiger charge is 2.09. The first kappa shape index (κ1) is 10.3. The van der Waals surface area contributed by atoms with Crippen LogP contribution in [-0.4, -0.2) is 9.78 Å². The van der Waals surface area contributed by atoms with Gasteiger partial charge in [-0.2, -0.15) is 5.10 Å². The van der Waals surface area contributed by atoms with Gasteiger partial charge in [-0.3, -0.25) is 4.68 Å². The Morgan fingerprint density at radius 2 is 1.87 bits per heavy atom. The summed E-state index contributed by atoms with van der Waals surface area (Å²) in [5.41, 5.74) is 0.0214. The Morgan fingerprint density at radius 3 is 2.40 bits per heavy atom. The fourth-order valence-electron chi connectivity index (χ4n) is 1.27. The molecule has 1 aromatic heterocycles. The summed E-state index contributed by atoms with van der Waals surface area (Å²) in [6.07, 6.45) is 1.65. The maximum atomic E-state index is 13.3. The second-order valence-corrected chi connectivity index (χ2v) is 3.85. The van der Waals surface area contributed by atoms with Crippen LogP contribution in [0, 0.1) is 11.6 Å². The van der Waals surface area contributed by atoms with E-state index in [1.807, 2.05) is 0 Å². The van der Waals surface area contributed by atoms with E-state index in [2.05, 4.69) is 21.0 Å². The van der Waals surface area contributed by atoms with Crippen molar-refractivity contribution in [2.24, 2.45) is 0 Å². The van der Waals surface area contributed by atoms with Crippen molar-refractivity contribution in [3.8, 4) is 0 Å². The van der Waals surface area contributed by atoms with Crippen LogP contribution in [0.5, 0.6) is 0 Å². The van der Waals surface area contributed by atoms with Gasteiger partial charge in [0.05, 0.1) is 6.54 Å². The van der Waals surface area contributed by atoms with Crippen LogP contribution < -0.4 is 0 Å². The van der Waals surface area contributed by atoms with Gasteiger partial charge >= 0.3 is 0 Å². The van der Waals surface area contributed by atoms with Crippen LogP contribution >= 0.6 is 15.9 Å². The lowest BCUT2D eigenvalue weighted by atomic mass is 10.2. The summed E-state index contributed by atoms with van der Waals surface area (Å²) in [5.74, 6) is -1.11. The van der Waals surface area contributed by atoms with Crippen LogP contribution in [0.4, 0.5) is 8.78 Å². The lowest BCUT2D eigenvalue weighted by Crippen LogP contribution is -2.04. The van der Waals surface area contributed by atoms with Crippen molar-refractivity contribution in [1.82, 2.24) is 9.78 Å². The summed E-state index contributed by atoms with van der Waals surface area (Å²) in [4.78, 5) is 0. The Hall–Kier alpha value is -1.23. The van der Waals surface area contributed by atoms with E-state index in [1.54, 1.807) is 12.3 Å². The molecule has 0 spiro atoms. The third-order valence-electron chi connectivity index (χ3n) is 1.99. The molecule has 0 unspecified atom stereocenters. The van der Waals surface area contributed by atoms with Gasteiger partial charge in [-0.15, -0.1) is 0 Å². The molecule has 0 N–H and O–H groups in total. The van der Waals surface area contributed by atoms with Crippen molar-refractivity contribution in [1.29, 1.82) is 0 Å². The van der Waals surface area contributed by atoms with Gasteiger partial charge in [-0.25, -0.2) is 8.78 Å². The van der Waals surface area contributed by atoms with Gasteiger partial charge in [0, 0.05) is 11.8 Å². The van der Waals surface area contributed by atoms with Crippen molar-refractivity contribution in [2.75, 3.05) is 0 Å². The zero-order valence-corrected chi connectivity index (χ0v) is 9.21. The molecule has 2 aromatic rings. The lowest BCUT2D eigenvalue weighted by Gasteiger charge is -2.04. The summed E-state index contributed by atoms with van der Waals surface area (Å²) in [6, 6.07) is 5.51. The van der Waals surface area contributed by atoms with E-state index in [4.69, 9.17) is 0 Å². The molecule has 78 valence electrons. The molecule has 0 bridgehead atoms. The fraction of sp³-hybridized carbons (Fsp3) is 0.100. The van der Waals surface area contributed by atoms with Crippen LogP contribution in [0.25, 0.3) is 0 Å². The fourth-order valence-corrected chi connectivity index (χ4v) is 1.59. The van der Waals surface area contributed by atoms with Gasteiger partial charge in [-0.05, 0) is 34.1 Å². The van der Waals surface area contributed by atoms with E-state index in [-0.39, 0.29) is 12.1 Å². The number of halogens is 3. The number of hydrogen-bond donors (Lipinski definition) is 0. The van der Waals surface area contributed by atoms with E-state index in [0.717, 1.165) is 0 Å². The molecule has 0 saturated heterocycles. The summed E-state index contributed by atoms with van der Waals surface area (Å²) < 4.78 is 28.6. The highest BCUT2D eigenvalue weighted by atomic mass is 79.9. The number of nitrogens with zero attached hydrogens (tertiary/aromatic N) is 2. The molecule has 0 aliphatic heterocycles. The summed E-state index contributed by atoms with van der Waals surface area (Å²) >= 11 is 3.16. The molecular weight excluding hydrogens is 266 g/mol. The molecule has 0 fully saturated rings. The maximum absolute atomic E-state index is 13.3. The van der Waals surface area contributed by atoms with Gasteiger partial charge in [-0.1, -0.05) is 6.07 Å². The molecule has 0 saturated carbocycles. The van der Waals surface area contributed by atoms with Crippen LogP contribution in [0.2, 0.25) is 0 Å². The summed E-state index contributed by atoms with van der Waals surface area (Å²) in [6.45, 7) is 0.0874. The van der Waals surface area contributed by atoms with Crippen molar-refractivity contribution in [2.45, 2.75) is 6.54 Å². The quantitative estimate of drug-likeness (QED) is 0.822. The van der Waals surface area contributed by atoms with Crippen molar-refractivity contribution < 1.29 is 8.78 Å². The van der Waals surface area contributed by atoms with E-state index >= 15 is 0 Å². The molecule has 15 heavy (non-hydrogen) atoms. The first-order valence-corrected chi connectivity index (χ1v) is 5.08. The molecule has 5 heteroatoms. The van der Waals surface area contributed by atoms with Crippen molar-refractivity contribution in [3.63, 3.8) is 0 Å². The van der Waals surface area contributed by atoms with E-state index in [1.165, 1.54) is 22.9 Å². The van der Waals surface area contributed by atoms with Crippen LogP contribution in [0.3, 0.4) is 0 Å². The van der Waals surface area contributed by atoms with Gasteiger partial charge in [0.15, 0.2) is 0 Å². The molecule has 0 atom stereocenters. The third-order valence-corrected chi connectivity index (χ3v) is 2.41. The molecule has 1 heterocycles. The number of aromatic nitrogens is 2. The van der Waals surface area contributed by atoms with E-state index in [0.29, 0.717) is 4.60 Å². The van der Waals surface area contributed by atoms with Gasteiger partial charge in [0.25, 0.3) is 0 Å². The van der Waals surface area contributed by atoms with Crippen LogP contribution in [0.1, 0.15) is 5.56 Å². The maximum Gasteiger partial charge on any atom is 0.131 e. The monoisotopic (exact) mass is 272 g/mol. The molecule has 2 rings (SSSR count). The number of rotatable bonds is 2. The standard InChI is InChI=1S/C10H7BrF2N2/c11-10-4-5-15(14-10)6-7-8(12)2-1-3-9(7)13/h1-5H,6H2. The summed E-state index contributed by atoms with van der Waals surface area (Å²) in [5, 5.41) is 3.99. The smallest absolute Gasteiger partial charge is 0.131 e. The van der Waals surface area contributed by atoms with Crippen LogP contribution in [0.15, 0.2) is 35.1 Å². The van der Waals surface area contributed by atoms with Gasteiger partial charge in [0.2, 0.25) is 0 Å². The highest BCUT2D eigenvalue weighted by Crippen LogP contribution is 2.14. The average molecular weight is 273 g/mol. The minimum atomic E-state index is -0.554. The largest absolute Gasteiger partial charge is 0.267 e. The zero-order valence-electron chi connectivity index (χ0n) is 7.62. The molecular formula is C10H7BrF2N2. The Labute approximate surface area is 93.7 Å². The normalized spacial score (nSPS) is 10.6. The molecule has 0 aliphatic carbocycles. The topological polar surface area (TPSA) is 17.8 Å². The Bertz CT molecular complexity index is 462. The number of hydrogen-bond acceptors (Lipinski definition) is 1. The average Bonchev–Trinajstić information content (AvgIpc) is 2.58. The minimum Gasteiger partial charge on any atom is -0.267 e. The highest BCUT2D eigenvalue weighted by molar-refractivity contribution is 9.10. The second kappa shape index (κ2) is 4.10. The minimum absolute atomic E-state index is 0.0214. The predicted octanol–water partition coefficient (Wildman–Crippen LogP) is 2.97. The van der Waals surface area contributed by atoms with E-state index in [9.17, 15) is 8.78 Å². The first-order valence-electron chi connectivity index (χ1n) is 4.28. The molecule has 2 nitrogen and oxygen atoms in total. The molecule has 0 radical (unpaired) electrons. The SMILES string of the molecule is Fc1cccc(F)c1Cn1ccc(Br)n1. The Morgan fingerprint density at radius 1 is 1.20 bits per heavy atom. The Kier molecular flexibility index (Phi) is 2.81. The predicted molar refractivity (Wildman–Crippen MR) is 55.4 cm³/mol. The zero-order chi connectivity index (χ0) is 10.8. The molecule has 1 aromatic carbocycles. The molecule has 0 amide bonds. The first-order chi connectivity index (χ1) is 7.16. The van der Waals surface area contributed by atoms with E-state index < -0.39 is 11.6 Å². The van der Waals surface area contributed by atoms with Crippen molar-refractivity contribution in [3.05, 3.63) is 52.3 Å². The number of benzene rings is 1. The third kappa shape index (κ3) is 2.23. The van der Waals surface area contributed by atoms with Gasteiger partial charge < -0.3 is 0 Å². The van der Waals surface area contributed by atoms with Gasteiger partial charge in [0.1, 0.15) is 16.2 Å². The van der Waals surface area contributed by atoms with Crippen LogP contribution in [-0.2, 0) is 6.54 Å². The Balaban J connectivity index is 2.31. The summed E-state index contributed by atoms with van der Waals surface area (Å²) in [7, 11) is 0. The molecule has 0 aliphatic rings. The van der Waals surface area contributed by atoms with Crippen molar-refractivity contribution >= 4 is 15.9 Å².